The first-order valence-corrected chi connectivity index (χ1v) is 11.3. The number of nitrogens with zero attached hydrogens (tertiary/aromatic N) is 3. The summed E-state index contributed by atoms with van der Waals surface area (Å²) in [6.45, 7) is 10.4. The molecule has 1 saturated heterocycles. The number of aromatic nitrogens is 1. The molecule has 2 aromatic rings. The van der Waals surface area contributed by atoms with E-state index in [1.54, 1.807) is 0 Å². The first-order chi connectivity index (χ1) is 14.7. The van der Waals surface area contributed by atoms with Crippen LogP contribution in [-0.2, 0) is 12.0 Å². The monoisotopic (exact) mass is 417 g/mol. The van der Waals surface area contributed by atoms with Crippen LogP contribution in [-0.4, -0.2) is 46.9 Å². The summed E-state index contributed by atoms with van der Waals surface area (Å²) in [4.78, 5) is 11.4. The van der Waals surface area contributed by atoms with E-state index in [1.165, 1.54) is 5.56 Å². The first kappa shape index (κ1) is 21.9. The zero-order valence-electron chi connectivity index (χ0n) is 19.5. The van der Waals surface area contributed by atoms with Crippen LogP contribution in [0.25, 0.3) is 0 Å². The number of aliphatic hydroxyl groups is 1. The number of hydrogen-bond donors (Lipinski definition) is 1. The van der Waals surface area contributed by atoms with Crippen molar-refractivity contribution in [2.45, 2.75) is 57.6 Å². The highest BCUT2D eigenvalue weighted by Crippen LogP contribution is 2.50. The van der Waals surface area contributed by atoms with Crippen molar-refractivity contribution in [1.82, 2.24) is 9.88 Å². The van der Waals surface area contributed by atoms with E-state index >= 15 is 0 Å². The molecule has 4 nitrogen and oxygen atoms in total. The number of allylic oxidation sites excluding steroid dienone is 1. The van der Waals surface area contributed by atoms with E-state index in [2.05, 4.69) is 86.0 Å². The molecule has 0 spiro atoms. The van der Waals surface area contributed by atoms with Gasteiger partial charge in [0.05, 0.1) is 5.54 Å². The topological polar surface area (TPSA) is 48.7 Å². The van der Waals surface area contributed by atoms with E-state index in [9.17, 15) is 5.11 Å². The number of aryl methyl sites for hydroxylation is 1. The Balaban J connectivity index is 1.69. The molecule has 2 aliphatic rings. The fourth-order valence-electron chi connectivity index (χ4n) is 5.22. The Bertz CT molecular complexity index is 974. The molecule has 0 radical (unpaired) electrons. The molecule has 0 amide bonds. The smallest absolute Gasteiger partial charge is 0.124 e. The van der Waals surface area contributed by atoms with Crippen LogP contribution in [0.3, 0.4) is 0 Å². The number of rotatable bonds is 7. The van der Waals surface area contributed by atoms with Crippen molar-refractivity contribution in [3.8, 4) is 0 Å². The van der Waals surface area contributed by atoms with E-state index in [0.717, 1.165) is 42.6 Å². The Labute approximate surface area is 186 Å². The first-order valence-electron chi connectivity index (χ1n) is 11.3. The molecule has 0 unspecified atom stereocenters. The number of likely N-dealkylation sites (tertiary alicyclic amines) is 1. The lowest BCUT2D eigenvalue weighted by atomic mass is 9.62. The van der Waals surface area contributed by atoms with Gasteiger partial charge in [-0.2, -0.15) is 0 Å². The molecular formula is C27H35N3O. The molecule has 0 aliphatic carbocycles. The van der Waals surface area contributed by atoms with Gasteiger partial charge in [0.2, 0.25) is 0 Å². The third kappa shape index (κ3) is 3.99. The van der Waals surface area contributed by atoms with Gasteiger partial charge in [0, 0.05) is 42.7 Å². The lowest BCUT2D eigenvalue weighted by Crippen LogP contribution is -2.63. The molecule has 1 N–H and O–H groups in total. The van der Waals surface area contributed by atoms with Gasteiger partial charge in [0.25, 0.3) is 0 Å². The van der Waals surface area contributed by atoms with Crippen LogP contribution in [0.1, 0.15) is 62.3 Å². The third-order valence-corrected chi connectivity index (χ3v) is 7.15. The van der Waals surface area contributed by atoms with Gasteiger partial charge in [-0.15, -0.1) is 0 Å². The molecule has 1 aromatic heterocycles. The lowest BCUT2D eigenvalue weighted by molar-refractivity contribution is -0.127. The standard InChI is InChI=1S/C27H35N3O/c1-20(2)22-7-9-23(10-8-22)27(31,25(3)18-30(5)19-25)24-15-21(16-28-17-24)11-13-26(4)12-6-14-29-26/h6-10,12,14-17,20,31H,11,13,18-19H2,1-5H3/t26-,27+/m1/s1. The summed E-state index contributed by atoms with van der Waals surface area (Å²) in [6.07, 6.45) is 11.6. The van der Waals surface area contributed by atoms with Crippen LogP contribution in [0.4, 0.5) is 0 Å². The summed E-state index contributed by atoms with van der Waals surface area (Å²) >= 11 is 0. The van der Waals surface area contributed by atoms with Gasteiger partial charge in [-0.1, -0.05) is 51.1 Å². The molecule has 31 heavy (non-hydrogen) atoms. The van der Waals surface area contributed by atoms with Crippen LogP contribution in [0.2, 0.25) is 0 Å². The highest BCUT2D eigenvalue weighted by atomic mass is 16.3. The maximum Gasteiger partial charge on any atom is 0.124 e. The Morgan fingerprint density at radius 3 is 2.39 bits per heavy atom. The second-order valence-electron chi connectivity index (χ2n) is 10.3. The highest BCUT2D eigenvalue weighted by molar-refractivity contribution is 5.75. The summed E-state index contributed by atoms with van der Waals surface area (Å²) in [6, 6.07) is 10.7. The average Bonchev–Trinajstić information content (AvgIpc) is 3.17. The van der Waals surface area contributed by atoms with Gasteiger partial charge in [0.1, 0.15) is 5.60 Å². The zero-order chi connectivity index (χ0) is 22.3. The van der Waals surface area contributed by atoms with Gasteiger partial charge >= 0.3 is 0 Å². The normalized spacial score (nSPS) is 24.4. The maximum atomic E-state index is 12.3. The van der Waals surface area contributed by atoms with Crippen LogP contribution in [0, 0.1) is 5.41 Å². The molecule has 1 fully saturated rings. The molecule has 0 saturated carbocycles. The molecule has 2 atom stereocenters. The second-order valence-corrected chi connectivity index (χ2v) is 10.3. The van der Waals surface area contributed by atoms with Crippen molar-refractivity contribution in [3.05, 3.63) is 77.1 Å². The van der Waals surface area contributed by atoms with E-state index in [4.69, 9.17) is 0 Å². The van der Waals surface area contributed by atoms with Crippen LogP contribution in [0.15, 0.2) is 59.9 Å². The van der Waals surface area contributed by atoms with E-state index < -0.39 is 5.60 Å². The Morgan fingerprint density at radius 1 is 1.10 bits per heavy atom. The molecular weight excluding hydrogens is 382 g/mol. The van der Waals surface area contributed by atoms with Crippen molar-refractivity contribution in [1.29, 1.82) is 0 Å². The number of hydrogen-bond acceptors (Lipinski definition) is 4. The van der Waals surface area contributed by atoms with Crippen molar-refractivity contribution in [2.75, 3.05) is 20.1 Å². The van der Waals surface area contributed by atoms with Crippen LogP contribution >= 0.6 is 0 Å². The van der Waals surface area contributed by atoms with Gasteiger partial charge < -0.3 is 10.0 Å². The summed E-state index contributed by atoms with van der Waals surface area (Å²) in [5, 5.41) is 12.3. The minimum atomic E-state index is -1.09. The molecule has 0 bridgehead atoms. The van der Waals surface area contributed by atoms with Gasteiger partial charge in [0.15, 0.2) is 0 Å². The zero-order valence-corrected chi connectivity index (χ0v) is 19.5. The fraction of sp³-hybridized carbons (Fsp3) is 0.481. The van der Waals surface area contributed by atoms with E-state index in [0.29, 0.717) is 5.92 Å². The summed E-state index contributed by atoms with van der Waals surface area (Å²) in [5.41, 5.74) is 2.76. The SMILES string of the molecule is CC(C)c1ccc([C@](O)(c2cncc(CC[C@@]3(C)C=CC=N3)c2)C2(C)CN(C)C2)cc1. The van der Waals surface area contributed by atoms with Crippen LogP contribution < -0.4 is 0 Å². The quantitative estimate of drug-likeness (QED) is 0.709. The summed E-state index contributed by atoms with van der Waals surface area (Å²) in [5.74, 6) is 0.464. The highest BCUT2D eigenvalue weighted by Gasteiger charge is 2.55. The van der Waals surface area contributed by atoms with Gasteiger partial charge in [-0.25, -0.2) is 0 Å². The predicted molar refractivity (Wildman–Crippen MR) is 128 cm³/mol. The number of aliphatic imine (C=N–C) groups is 1. The Morgan fingerprint density at radius 2 is 1.81 bits per heavy atom. The molecule has 1 aromatic carbocycles. The molecule has 164 valence electrons. The largest absolute Gasteiger partial charge is 0.380 e. The predicted octanol–water partition coefficient (Wildman–Crippen LogP) is 4.72. The second kappa shape index (κ2) is 7.99. The summed E-state index contributed by atoms with van der Waals surface area (Å²) < 4.78 is 0. The van der Waals surface area contributed by atoms with Crippen molar-refractivity contribution >= 4 is 6.21 Å². The van der Waals surface area contributed by atoms with Crippen molar-refractivity contribution in [3.63, 3.8) is 0 Å². The molecule has 2 aliphatic heterocycles. The minimum absolute atomic E-state index is 0.137. The maximum absolute atomic E-state index is 12.3. The van der Waals surface area contributed by atoms with Gasteiger partial charge in [-0.3, -0.25) is 9.98 Å². The molecule has 3 heterocycles. The van der Waals surface area contributed by atoms with Crippen LogP contribution in [0.5, 0.6) is 0 Å². The van der Waals surface area contributed by atoms with Gasteiger partial charge in [-0.05, 0) is 61.6 Å². The third-order valence-electron chi connectivity index (χ3n) is 7.15. The number of benzene rings is 1. The van der Waals surface area contributed by atoms with E-state index in [-0.39, 0.29) is 11.0 Å². The fourth-order valence-corrected chi connectivity index (χ4v) is 5.22. The molecule has 4 heteroatoms. The lowest BCUT2D eigenvalue weighted by Gasteiger charge is -2.56. The number of pyridine rings is 1. The van der Waals surface area contributed by atoms with Crippen molar-refractivity contribution in [2.24, 2.45) is 10.4 Å². The van der Waals surface area contributed by atoms with E-state index in [1.807, 2.05) is 24.7 Å². The Hall–Kier alpha value is -2.30. The Kier molecular flexibility index (Phi) is 5.65. The minimum Gasteiger partial charge on any atom is -0.380 e. The van der Waals surface area contributed by atoms with Crippen molar-refractivity contribution < 1.29 is 5.11 Å². The summed E-state index contributed by atoms with van der Waals surface area (Å²) in [7, 11) is 2.11. The average molecular weight is 418 g/mol. The molecule has 4 rings (SSSR count).